The molecule has 1 aromatic heterocycles. The van der Waals surface area contributed by atoms with Crippen LogP contribution in [0.4, 0.5) is 0 Å². The minimum atomic E-state index is -0.254. The lowest BCUT2D eigenvalue weighted by Gasteiger charge is -2.02. The van der Waals surface area contributed by atoms with Crippen LogP contribution in [-0.2, 0) is 11.3 Å². The number of hydrogen-bond acceptors (Lipinski definition) is 5. The van der Waals surface area contributed by atoms with Gasteiger partial charge in [-0.25, -0.2) is 0 Å². The molecule has 26 heavy (non-hydrogen) atoms. The standard InChI is InChI=1S/C18H15Cl2N3O2S/c1-2-25-7-3-6-23-17(24)16(26-18(23)13(10-21)11-22)9-12-4-5-14(19)15(20)8-12/h4-5,8-9H,2-3,6-7H2,1H3/b16-9+. The lowest BCUT2D eigenvalue weighted by molar-refractivity contribution is 0.141. The molecule has 0 saturated carbocycles. The molecule has 134 valence electrons. The van der Waals surface area contributed by atoms with Crippen molar-refractivity contribution in [3.63, 3.8) is 0 Å². The van der Waals surface area contributed by atoms with Crippen LogP contribution in [0, 0.1) is 22.7 Å². The van der Waals surface area contributed by atoms with Crippen molar-refractivity contribution >= 4 is 46.2 Å². The van der Waals surface area contributed by atoms with Gasteiger partial charge in [0.25, 0.3) is 5.56 Å². The van der Waals surface area contributed by atoms with Crippen molar-refractivity contribution in [2.24, 2.45) is 0 Å². The first-order valence-electron chi connectivity index (χ1n) is 7.80. The number of nitriles is 2. The van der Waals surface area contributed by atoms with E-state index in [1.165, 1.54) is 4.57 Å². The second-order valence-electron chi connectivity index (χ2n) is 5.20. The Labute approximate surface area is 164 Å². The van der Waals surface area contributed by atoms with Crippen molar-refractivity contribution < 1.29 is 4.74 Å². The van der Waals surface area contributed by atoms with E-state index in [2.05, 4.69) is 0 Å². The van der Waals surface area contributed by atoms with Crippen molar-refractivity contribution in [1.82, 2.24) is 4.57 Å². The zero-order valence-corrected chi connectivity index (χ0v) is 16.3. The average molecular weight is 408 g/mol. The van der Waals surface area contributed by atoms with E-state index in [0.29, 0.717) is 51.0 Å². The Balaban J connectivity index is 2.59. The molecule has 0 spiro atoms. The lowest BCUT2D eigenvalue weighted by Crippen LogP contribution is -2.32. The highest BCUT2D eigenvalue weighted by Crippen LogP contribution is 2.22. The van der Waals surface area contributed by atoms with Gasteiger partial charge < -0.3 is 4.74 Å². The van der Waals surface area contributed by atoms with Crippen LogP contribution in [0.3, 0.4) is 0 Å². The van der Waals surface area contributed by atoms with Crippen molar-refractivity contribution in [3.05, 3.63) is 53.4 Å². The third-order valence-electron chi connectivity index (χ3n) is 3.46. The third kappa shape index (κ3) is 4.75. The highest BCUT2D eigenvalue weighted by molar-refractivity contribution is 7.07. The van der Waals surface area contributed by atoms with E-state index >= 15 is 0 Å². The van der Waals surface area contributed by atoms with E-state index in [4.69, 9.17) is 27.9 Å². The van der Waals surface area contributed by atoms with Gasteiger partial charge in [-0.2, -0.15) is 10.5 Å². The summed E-state index contributed by atoms with van der Waals surface area (Å²) in [4.78, 5) is 12.8. The Kier molecular flexibility index (Phi) is 7.44. The summed E-state index contributed by atoms with van der Waals surface area (Å²) in [5, 5.41) is 19.2. The Morgan fingerprint density at radius 2 is 2.04 bits per heavy atom. The van der Waals surface area contributed by atoms with Crippen LogP contribution in [-0.4, -0.2) is 17.8 Å². The molecule has 0 fully saturated rings. The van der Waals surface area contributed by atoms with Gasteiger partial charge in [0, 0.05) is 19.8 Å². The van der Waals surface area contributed by atoms with Gasteiger partial charge in [0.1, 0.15) is 16.8 Å². The summed E-state index contributed by atoms with van der Waals surface area (Å²) in [6, 6.07) is 8.75. The van der Waals surface area contributed by atoms with Gasteiger partial charge in [-0.1, -0.05) is 29.3 Å². The van der Waals surface area contributed by atoms with Crippen LogP contribution in [0.25, 0.3) is 11.6 Å². The normalized spacial score (nSPS) is 11.2. The number of ether oxygens (including phenoxy) is 1. The van der Waals surface area contributed by atoms with E-state index in [0.717, 1.165) is 11.3 Å². The number of rotatable bonds is 6. The van der Waals surface area contributed by atoms with E-state index in [-0.39, 0.29) is 11.1 Å². The number of nitrogens with zero attached hydrogens (tertiary/aromatic N) is 3. The molecule has 0 amide bonds. The van der Waals surface area contributed by atoms with Crippen molar-refractivity contribution in [2.45, 2.75) is 19.9 Å². The van der Waals surface area contributed by atoms with Gasteiger partial charge in [-0.05, 0) is 37.1 Å². The van der Waals surface area contributed by atoms with Gasteiger partial charge >= 0.3 is 0 Å². The molecule has 0 unspecified atom stereocenters. The first kappa shape index (κ1) is 20.2. The second kappa shape index (κ2) is 9.56. The molecule has 2 rings (SSSR count). The van der Waals surface area contributed by atoms with E-state index < -0.39 is 0 Å². The molecular formula is C18H15Cl2N3O2S. The largest absolute Gasteiger partial charge is 0.382 e. The summed E-state index contributed by atoms with van der Waals surface area (Å²) in [6.07, 6.45) is 2.28. The molecule has 0 aliphatic carbocycles. The van der Waals surface area contributed by atoms with Crippen LogP contribution >= 0.6 is 34.5 Å². The highest BCUT2D eigenvalue weighted by atomic mass is 35.5. The van der Waals surface area contributed by atoms with Crippen LogP contribution in [0.2, 0.25) is 10.0 Å². The van der Waals surface area contributed by atoms with Crippen LogP contribution in [0.1, 0.15) is 18.9 Å². The van der Waals surface area contributed by atoms with Gasteiger partial charge in [-0.15, -0.1) is 11.3 Å². The van der Waals surface area contributed by atoms with Crippen molar-refractivity contribution in [1.29, 1.82) is 10.5 Å². The fourth-order valence-electron chi connectivity index (χ4n) is 2.25. The van der Waals surface area contributed by atoms with Gasteiger partial charge in [-0.3, -0.25) is 9.36 Å². The Morgan fingerprint density at radius 1 is 1.31 bits per heavy atom. The second-order valence-corrected chi connectivity index (χ2v) is 7.04. The maximum atomic E-state index is 12.8. The SMILES string of the molecule is CCOCCCn1c(=C(C#N)C#N)s/c(=C/c2ccc(Cl)c(Cl)c2)c1=O. The fourth-order valence-corrected chi connectivity index (χ4v) is 3.64. The molecule has 0 aliphatic heterocycles. The first-order valence-corrected chi connectivity index (χ1v) is 9.37. The zero-order chi connectivity index (χ0) is 19.1. The van der Waals surface area contributed by atoms with E-state index in [1.54, 1.807) is 24.3 Å². The van der Waals surface area contributed by atoms with E-state index in [1.807, 2.05) is 19.1 Å². The van der Waals surface area contributed by atoms with Crippen LogP contribution < -0.4 is 14.8 Å². The summed E-state index contributed by atoms with van der Waals surface area (Å²) < 4.78 is 7.51. The molecule has 1 aromatic carbocycles. The molecule has 0 radical (unpaired) electrons. The Bertz CT molecular complexity index is 1040. The summed E-state index contributed by atoms with van der Waals surface area (Å²) in [7, 11) is 0. The molecule has 0 atom stereocenters. The maximum Gasteiger partial charge on any atom is 0.269 e. The average Bonchev–Trinajstić information content (AvgIpc) is 2.92. The molecule has 8 heteroatoms. The summed E-state index contributed by atoms with van der Waals surface area (Å²) in [5.41, 5.74) is 0.370. The highest BCUT2D eigenvalue weighted by Gasteiger charge is 2.09. The number of hydrogen-bond donors (Lipinski definition) is 0. The number of halogens is 2. The number of benzene rings is 1. The quantitative estimate of drug-likeness (QED) is 0.689. The molecule has 2 aromatic rings. The summed E-state index contributed by atoms with van der Waals surface area (Å²) in [6.45, 7) is 3.35. The van der Waals surface area contributed by atoms with E-state index in [9.17, 15) is 15.3 Å². The smallest absolute Gasteiger partial charge is 0.269 e. The molecule has 0 N–H and O–H groups in total. The molecule has 0 saturated heterocycles. The minimum absolute atomic E-state index is 0.0858. The minimum Gasteiger partial charge on any atom is -0.382 e. The fraction of sp³-hybridized carbons (Fsp3) is 0.278. The molecule has 0 aliphatic rings. The monoisotopic (exact) mass is 407 g/mol. The number of thiazole rings is 1. The van der Waals surface area contributed by atoms with Gasteiger partial charge in [0.2, 0.25) is 0 Å². The summed E-state index contributed by atoms with van der Waals surface area (Å²) >= 11 is 13.0. The zero-order valence-electron chi connectivity index (χ0n) is 14.0. The predicted molar refractivity (Wildman–Crippen MR) is 104 cm³/mol. The number of aromatic nitrogens is 1. The third-order valence-corrected chi connectivity index (χ3v) is 5.33. The first-order chi connectivity index (χ1) is 12.5. The van der Waals surface area contributed by atoms with Gasteiger partial charge in [0.05, 0.1) is 14.6 Å². The summed E-state index contributed by atoms with van der Waals surface area (Å²) in [5.74, 6) is 0. The Morgan fingerprint density at radius 3 is 2.65 bits per heavy atom. The maximum absolute atomic E-state index is 12.8. The molecular weight excluding hydrogens is 393 g/mol. The molecule has 0 bridgehead atoms. The molecule has 1 heterocycles. The topological polar surface area (TPSA) is 78.8 Å². The van der Waals surface area contributed by atoms with Crippen LogP contribution in [0.15, 0.2) is 23.0 Å². The predicted octanol–water partition coefficient (Wildman–Crippen LogP) is 2.67. The van der Waals surface area contributed by atoms with Gasteiger partial charge in [0.15, 0.2) is 5.57 Å². The molecule has 5 nitrogen and oxygen atoms in total. The van der Waals surface area contributed by atoms with Crippen molar-refractivity contribution in [3.8, 4) is 12.1 Å². The lowest BCUT2D eigenvalue weighted by atomic mass is 10.2. The Hall–Kier alpha value is -2.09. The van der Waals surface area contributed by atoms with Crippen molar-refractivity contribution in [2.75, 3.05) is 13.2 Å². The van der Waals surface area contributed by atoms with Crippen LogP contribution in [0.5, 0.6) is 0 Å².